The number of ether oxygens (including phenoxy) is 2. The predicted octanol–water partition coefficient (Wildman–Crippen LogP) is 8.33. The molecule has 0 amide bonds. The number of rotatable bonds is 5. The van der Waals surface area contributed by atoms with E-state index in [2.05, 4.69) is 4.98 Å². The van der Waals surface area contributed by atoms with Crippen LogP contribution in [0, 0.1) is 12.3 Å². The molecule has 194 valence electrons. The normalized spacial score (nSPS) is 13.6. The van der Waals surface area contributed by atoms with Crippen molar-refractivity contribution in [3.63, 3.8) is 0 Å². The molecule has 1 atom stereocenters. The highest BCUT2D eigenvalue weighted by molar-refractivity contribution is 6.30. The lowest BCUT2D eigenvalue weighted by molar-refractivity contribution is -0.162. The molecule has 1 heterocycles. The largest absolute Gasteiger partial charge is 0.462 e. The lowest BCUT2D eigenvalue weighted by Crippen LogP contribution is -2.30. The number of aryl methyl sites for hydroxylation is 1. The molecule has 3 rings (SSSR count). The number of carbonyl (C=O) groups excluding carboxylic acids is 1. The number of pyridine rings is 1. The van der Waals surface area contributed by atoms with Gasteiger partial charge < -0.3 is 9.47 Å². The molecule has 8 heteroatoms. The minimum Gasteiger partial charge on any atom is -0.462 e. The third-order valence-electron chi connectivity index (χ3n) is 5.46. The van der Waals surface area contributed by atoms with Gasteiger partial charge in [0.05, 0.1) is 16.5 Å². The summed E-state index contributed by atoms with van der Waals surface area (Å²) < 4.78 is 52.2. The second kappa shape index (κ2) is 10.0. The van der Waals surface area contributed by atoms with Crippen molar-refractivity contribution in [2.24, 2.45) is 5.41 Å². The van der Waals surface area contributed by atoms with Crippen molar-refractivity contribution in [2.45, 2.75) is 66.3 Å². The van der Waals surface area contributed by atoms with Gasteiger partial charge in [0.25, 0.3) is 0 Å². The molecule has 0 aliphatic carbocycles. The number of halogens is 4. The van der Waals surface area contributed by atoms with Crippen LogP contribution in [-0.2, 0) is 20.4 Å². The van der Waals surface area contributed by atoms with E-state index in [1.807, 2.05) is 20.8 Å². The Morgan fingerprint density at radius 1 is 1.00 bits per heavy atom. The Bertz CT molecular complexity index is 1260. The van der Waals surface area contributed by atoms with Crippen molar-refractivity contribution in [1.82, 2.24) is 4.98 Å². The van der Waals surface area contributed by atoms with E-state index in [1.54, 1.807) is 58.0 Å². The molecule has 2 aromatic carbocycles. The summed E-state index contributed by atoms with van der Waals surface area (Å²) in [6.07, 6.45) is -5.26. The number of hydrogen-bond donors (Lipinski definition) is 0. The fraction of sp³-hybridized carbons (Fsp3) is 0.429. The maximum absolute atomic E-state index is 13.4. The number of alkyl halides is 3. The molecule has 0 spiro atoms. The molecule has 3 aromatic rings. The smallest absolute Gasteiger partial charge is 0.433 e. The minimum absolute atomic E-state index is 0.0611. The first-order valence-corrected chi connectivity index (χ1v) is 12.0. The van der Waals surface area contributed by atoms with E-state index in [9.17, 15) is 18.0 Å². The number of aromatic nitrogens is 1. The van der Waals surface area contributed by atoms with Crippen molar-refractivity contribution in [3.8, 4) is 11.1 Å². The predicted molar refractivity (Wildman–Crippen MR) is 136 cm³/mol. The fourth-order valence-electron chi connectivity index (χ4n) is 3.89. The summed E-state index contributed by atoms with van der Waals surface area (Å²) in [5.41, 5.74) is 0.696. The molecule has 36 heavy (non-hydrogen) atoms. The Hall–Kier alpha value is -2.64. The first kappa shape index (κ1) is 27.9. The molecule has 0 saturated heterocycles. The van der Waals surface area contributed by atoms with Gasteiger partial charge in [-0.15, -0.1) is 0 Å². The van der Waals surface area contributed by atoms with Crippen LogP contribution in [0.5, 0.6) is 0 Å². The first-order chi connectivity index (χ1) is 16.5. The standard InChI is InChI=1S/C28H31ClF3NO3/c1-16-14-20-19(12-13-22(33-20)28(30,31)32)24(17-8-10-18(29)11-9-17)23(16)21(36-27(5,6)7)15-35-25(34)26(2,3)4/h8-14,21H,15H2,1-7H3. The third kappa shape index (κ3) is 6.56. The van der Waals surface area contributed by atoms with Gasteiger partial charge in [-0.05, 0) is 95.0 Å². The molecule has 1 unspecified atom stereocenters. The van der Waals surface area contributed by atoms with Crippen LogP contribution in [0.2, 0.25) is 5.02 Å². The lowest BCUT2D eigenvalue weighted by Gasteiger charge is -2.31. The van der Waals surface area contributed by atoms with Crippen LogP contribution in [0.15, 0.2) is 42.5 Å². The highest BCUT2D eigenvalue weighted by Gasteiger charge is 2.34. The molecular formula is C28H31ClF3NO3. The molecule has 0 radical (unpaired) electrons. The van der Waals surface area contributed by atoms with E-state index in [1.165, 1.54) is 6.07 Å². The Balaban J connectivity index is 2.29. The van der Waals surface area contributed by atoms with Crippen LogP contribution < -0.4 is 0 Å². The van der Waals surface area contributed by atoms with Gasteiger partial charge in [-0.3, -0.25) is 4.79 Å². The van der Waals surface area contributed by atoms with Gasteiger partial charge in [-0.25, -0.2) is 4.98 Å². The number of hydrogen-bond acceptors (Lipinski definition) is 4. The molecule has 4 nitrogen and oxygen atoms in total. The van der Waals surface area contributed by atoms with Crippen molar-refractivity contribution in [1.29, 1.82) is 0 Å². The van der Waals surface area contributed by atoms with E-state index in [0.717, 1.165) is 11.6 Å². The van der Waals surface area contributed by atoms with E-state index >= 15 is 0 Å². The SMILES string of the molecule is Cc1cc2nc(C(F)(F)F)ccc2c(-c2ccc(Cl)cc2)c1C(COC(=O)C(C)(C)C)OC(C)(C)C. The molecule has 0 aliphatic rings. The monoisotopic (exact) mass is 521 g/mol. The van der Waals surface area contributed by atoms with E-state index < -0.39 is 29.0 Å². The highest BCUT2D eigenvalue weighted by atomic mass is 35.5. The molecule has 1 aromatic heterocycles. The van der Waals surface area contributed by atoms with E-state index in [-0.39, 0.29) is 18.1 Å². The summed E-state index contributed by atoms with van der Waals surface area (Å²) >= 11 is 6.12. The summed E-state index contributed by atoms with van der Waals surface area (Å²) in [5.74, 6) is -0.381. The molecule has 0 aliphatic heterocycles. The van der Waals surface area contributed by atoms with Crippen LogP contribution in [0.25, 0.3) is 22.0 Å². The van der Waals surface area contributed by atoms with Crippen molar-refractivity contribution < 1.29 is 27.4 Å². The molecule has 0 saturated carbocycles. The average molecular weight is 522 g/mol. The van der Waals surface area contributed by atoms with Gasteiger partial charge in [-0.1, -0.05) is 29.8 Å². The minimum atomic E-state index is -4.57. The molecule has 0 N–H and O–H groups in total. The van der Waals surface area contributed by atoms with Gasteiger partial charge in [-0.2, -0.15) is 13.2 Å². The van der Waals surface area contributed by atoms with Crippen molar-refractivity contribution in [2.75, 3.05) is 6.61 Å². The Kier molecular flexibility index (Phi) is 7.78. The number of benzene rings is 2. The summed E-state index contributed by atoms with van der Waals surface area (Å²) in [5, 5.41) is 1.05. The summed E-state index contributed by atoms with van der Waals surface area (Å²) in [6.45, 7) is 12.7. The van der Waals surface area contributed by atoms with Gasteiger partial charge in [0.15, 0.2) is 0 Å². The second-order valence-electron chi connectivity index (χ2n) is 10.8. The van der Waals surface area contributed by atoms with Crippen molar-refractivity contribution >= 4 is 28.5 Å². The number of carbonyl (C=O) groups is 1. The number of fused-ring (bicyclic) bond motifs is 1. The van der Waals surface area contributed by atoms with E-state index in [4.69, 9.17) is 21.1 Å². The summed E-state index contributed by atoms with van der Waals surface area (Å²) in [4.78, 5) is 16.5. The maximum Gasteiger partial charge on any atom is 0.433 e. The lowest BCUT2D eigenvalue weighted by atomic mass is 9.88. The Morgan fingerprint density at radius 3 is 2.14 bits per heavy atom. The zero-order valence-corrected chi connectivity index (χ0v) is 22.3. The third-order valence-corrected chi connectivity index (χ3v) is 5.71. The average Bonchev–Trinajstić information content (AvgIpc) is 2.73. The van der Waals surface area contributed by atoms with Crippen LogP contribution in [0.4, 0.5) is 13.2 Å². The van der Waals surface area contributed by atoms with Crippen LogP contribution in [0.3, 0.4) is 0 Å². The molecular weight excluding hydrogens is 491 g/mol. The zero-order chi connectivity index (χ0) is 27.1. The quantitative estimate of drug-likeness (QED) is 0.317. The summed E-state index contributed by atoms with van der Waals surface area (Å²) in [7, 11) is 0. The van der Waals surface area contributed by atoms with Gasteiger partial charge in [0.1, 0.15) is 18.4 Å². The Morgan fingerprint density at radius 2 is 1.61 bits per heavy atom. The molecule has 0 fully saturated rings. The van der Waals surface area contributed by atoms with Crippen LogP contribution in [-0.4, -0.2) is 23.2 Å². The number of esters is 1. The Labute approximate surface area is 214 Å². The van der Waals surface area contributed by atoms with Crippen LogP contribution in [0.1, 0.15) is 64.5 Å². The highest BCUT2D eigenvalue weighted by Crippen LogP contribution is 2.41. The van der Waals surface area contributed by atoms with Crippen molar-refractivity contribution in [3.05, 3.63) is 64.3 Å². The summed E-state index contributed by atoms with van der Waals surface area (Å²) in [6, 6.07) is 11.0. The number of nitrogens with zero attached hydrogens (tertiary/aromatic N) is 1. The second-order valence-corrected chi connectivity index (χ2v) is 11.3. The topological polar surface area (TPSA) is 48.4 Å². The van der Waals surface area contributed by atoms with Crippen LogP contribution >= 0.6 is 11.6 Å². The fourth-order valence-corrected chi connectivity index (χ4v) is 4.02. The van der Waals surface area contributed by atoms with E-state index in [0.29, 0.717) is 27.1 Å². The van der Waals surface area contributed by atoms with Gasteiger partial charge in [0.2, 0.25) is 0 Å². The molecule has 0 bridgehead atoms. The maximum atomic E-state index is 13.4. The zero-order valence-electron chi connectivity index (χ0n) is 21.5. The first-order valence-electron chi connectivity index (χ1n) is 11.6. The van der Waals surface area contributed by atoms with Gasteiger partial charge in [0, 0.05) is 10.4 Å². The van der Waals surface area contributed by atoms with Gasteiger partial charge >= 0.3 is 12.1 Å².